The van der Waals surface area contributed by atoms with E-state index in [0.29, 0.717) is 0 Å². The van der Waals surface area contributed by atoms with Crippen LogP contribution in [-0.4, -0.2) is 61.3 Å². The minimum absolute atomic E-state index is 0. The quantitative estimate of drug-likeness (QED) is 0.148. The van der Waals surface area contributed by atoms with Gasteiger partial charge in [0.25, 0.3) is 0 Å². The molecule has 0 radical (unpaired) electrons. The zero-order chi connectivity index (χ0) is 30.5. The summed E-state index contributed by atoms with van der Waals surface area (Å²) in [5.74, 6) is 0. The highest BCUT2D eigenvalue weighted by molar-refractivity contribution is 4.50. The van der Waals surface area contributed by atoms with Gasteiger partial charge in [-0.1, -0.05) is 107 Å². The van der Waals surface area contributed by atoms with Gasteiger partial charge >= 0.3 is 0 Å². The van der Waals surface area contributed by atoms with Crippen LogP contribution in [0.15, 0.2) is 0 Å². The van der Waals surface area contributed by atoms with Crippen molar-refractivity contribution in [1.29, 1.82) is 0 Å². The summed E-state index contributed by atoms with van der Waals surface area (Å²) in [5, 5.41) is 0. The fourth-order valence-corrected chi connectivity index (χ4v) is 5.29. The maximum atomic E-state index is 8.49. The topological polar surface area (TPSA) is 92.2 Å². The first kappa shape index (κ1) is 47.5. The van der Waals surface area contributed by atoms with Gasteiger partial charge in [0.1, 0.15) is 0 Å². The fourth-order valence-electron chi connectivity index (χ4n) is 5.29. The largest absolute Gasteiger partial charge is 1.00 e. The normalized spacial score (nSPS) is 11.7. The summed E-state index contributed by atoms with van der Waals surface area (Å²) in [7, 11) is -4.94. The molecule has 248 valence electrons. The van der Waals surface area contributed by atoms with E-state index >= 15 is 0 Å². The molecular weight excluding hydrogens is 592 g/mol. The van der Waals surface area contributed by atoms with Gasteiger partial charge in [-0.15, -0.1) is 10.2 Å². The highest BCUT2D eigenvalue weighted by Crippen LogP contribution is 2.17. The second-order valence-electron chi connectivity index (χ2n) is 11.7. The zero-order valence-electron chi connectivity index (χ0n) is 28.3. The van der Waals surface area contributed by atoms with Crippen molar-refractivity contribution >= 4 is 0 Å². The van der Waals surface area contributed by atoms with Crippen molar-refractivity contribution in [3.63, 3.8) is 0 Å². The summed E-state index contributed by atoms with van der Waals surface area (Å²) in [6, 6.07) is 0. The number of quaternary nitrogens is 2. The number of halogens is 2. The first-order chi connectivity index (χ1) is 18.5. The van der Waals surface area contributed by atoms with Gasteiger partial charge in [0.05, 0.1) is 52.4 Å². The zero-order valence-corrected chi connectivity index (χ0v) is 30.6. The average molecular weight is 664 g/mol. The van der Waals surface area contributed by atoms with E-state index in [0.717, 1.165) is 0 Å². The molecule has 0 spiro atoms. The Morgan fingerprint density at radius 1 is 0.325 bits per heavy atom. The summed E-state index contributed by atoms with van der Waals surface area (Å²) in [4.78, 5) is 0. The lowest BCUT2D eigenvalue weighted by Crippen LogP contribution is -3.00. The molecule has 0 N–H and O–H groups in total. The minimum atomic E-state index is -4.94. The first-order valence-electron chi connectivity index (χ1n) is 16.8. The van der Waals surface area contributed by atoms with Crippen LogP contribution in [0.4, 0.5) is 0 Å². The molecule has 0 heterocycles. The van der Waals surface area contributed by atoms with Crippen molar-refractivity contribution in [2.45, 2.75) is 158 Å². The Labute approximate surface area is 264 Å². The van der Waals surface area contributed by atoms with Gasteiger partial charge in [0.2, 0.25) is 0 Å². The van der Waals surface area contributed by atoms with Gasteiger partial charge in [-0.3, -0.25) is 0 Å². The van der Waals surface area contributed by atoms with Crippen LogP contribution in [0.25, 0.3) is 0 Å². The summed E-state index contributed by atoms with van der Waals surface area (Å²) in [6.45, 7) is 30.0. The molecule has 0 fully saturated rings. The lowest BCUT2D eigenvalue weighted by molar-refractivity contribution is -2.00. The van der Waals surface area contributed by atoms with Crippen molar-refractivity contribution in [1.82, 2.24) is 0 Å². The summed E-state index contributed by atoms with van der Waals surface area (Å²) >= 11 is 0. The van der Waals surface area contributed by atoms with Crippen molar-refractivity contribution in [3.8, 4) is 0 Å². The number of hydrogen-bond donors (Lipinski definition) is 0. The molecule has 40 heavy (non-hydrogen) atoms. The molecule has 0 unspecified atom stereocenters. The van der Waals surface area contributed by atoms with E-state index < -0.39 is 10.2 Å². The van der Waals surface area contributed by atoms with E-state index in [4.69, 9.17) is 18.6 Å². The SMILES string of the molecule is CCCC[N+](CCCC)(CCCC)CCCC.CCCC[N+](CCCC)(CCCC)CCCC.[Br-].[O-][Cl+3]([O-])([O-])[O-]. The van der Waals surface area contributed by atoms with E-state index in [2.05, 4.69) is 55.4 Å². The smallest absolute Gasteiger partial charge is 0.0786 e. The van der Waals surface area contributed by atoms with Crippen molar-refractivity contribution in [3.05, 3.63) is 0 Å². The molecule has 0 aromatic rings. The molecule has 0 aliphatic rings. The van der Waals surface area contributed by atoms with Crippen LogP contribution in [0.2, 0.25) is 0 Å². The summed E-state index contributed by atoms with van der Waals surface area (Å²) < 4.78 is 36.8. The van der Waals surface area contributed by atoms with Gasteiger partial charge in [0, 0.05) is 0 Å². The monoisotopic (exact) mass is 662 g/mol. The van der Waals surface area contributed by atoms with Crippen LogP contribution in [0, 0.1) is 10.2 Å². The summed E-state index contributed by atoms with van der Waals surface area (Å²) in [5.41, 5.74) is 0. The Bertz CT molecular complexity index is 365. The molecule has 0 aromatic carbocycles. The molecule has 8 heteroatoms. The molecule has 6 nitrogen and oxygen atoms in total. The molecule has 0 aliphatic carbocycles. The maximum Gasteiger partial charge on any atom is 0.0786 e. The fraction of sp³-hybridized carbons (Fsp3) is 1.00. The van der Waals surface area contributed by atoms with E-state index in [9.17, 15) is 0 Å². The Morgan fingerprint density at radius 3 is 0.500 bits per heavy atom. The van der Waals surface area contributed by atoms with Crippen LogP contribution in [0.3, 0.4) is 0 Å². The number of rotatable bonds is 24. The molecule has 0 saturated carbocycles. The van der Waals surface area contributed by atoms with Crippen LogP contribution in [-0.2, 0) is 0 Å². The average Bonchev–Trinajstić information content (AvgIpc) is 2.91. The molecule has 0 aromatic heterocycles. The standard InChI is InChI=1S/2C16H36N.BrH.ClHO4/c2*1-5-9-13-17(14-10-6-2,15-11-7-3)16-12-8-4;;2-1(3,4)5/h2*5-16H2,1-4H3;1H;(H,2,3,4,5)/q2*+1;;/p-2. The highest BCUT2D eigenvalue weighted by Gasteiger charge is 2.25. The third kappa shape index (κ3) is 33.0. The molecule has 0 bridgehead atoms. The molecule has 0 atom stereocenters. The van der Waals surface area contributed by atoms with Gasteiger partial charge in [-0.05, 0) is 51.4 Å². The van der Waals surface area contributed by atoms with Crippen LogP contribution in [0.1, 0.15) is 158 Å². The Balaban J connectivity index is -0.000000271. The Hall–Kier alpha value is 0.530. The van der Waals surface area contributed by atoms with E-state index in [-0.39, 0.29) is 17.0 Å². The van der Waals surface area contributed by atoms with Gasteiger partial charge in [-0.25, -0.2) is 18.6 Å². The molecule has 0 aliphatic heterocycles. The van der Waals surface area contributed by atoms with E-state index in [1.165, 1.54) is 164 Å². The van der Waals surface area contributed by atoms with Crippen molar-refractivity contribution < 1.29 is 54.8 Å². The van der Waals surface area contributed by atoms with E-state index in [1.54, 1.807) is 0 Å². The molecule has 0 saturated heterocycles. The highest BCUT2D eigenvalue weighted by atomic mass is 79.9. The van der Waals surface area contributed by atoms with Crippen molar-refractivity contribution in [2.75, 3.05) is 52.4 Å². The molecule has 0 rings (SSSR count). The maximum absolute atomic E-state index is 8.49. The molecule has 0 amide bonds. The van der Waals surface area contributed by atoms with Crippen LogP contribution < -0.4 is 35.6 Å². The van der Waals surface area contributed by atoms with Crippen molar-refractivity contribution in [2.24, 2.45) is 0 Å². The Morgan fingerprint density at radius 2 is 0.425 bits per heavy atom. The Kier molecular flexibility index (Phi) is 38.5. The lowest BCUT2D eigenvalue weighted by Gasteiger charge is -2.39. The lowest BCUT2D eigenvalue weighted by atomic mass is 10.1. The number of nitrogens with zero attached hydrogens (tertiary/aromatic N) is 2. The van der Waals surface area contributed by atoms with Crippen LogP contribution in [0.5, 0.6) is 0 Å². The second-order valence-corrected chi connectivity index (χ2v) is 12.4. The third-order valence-electron chi connectivity index (χ3n) is 7.89. The van der Waals surface area contributed by atoms with Gasteiger partial charge in [-0.2, -0.15) is 0 Å². The number of unbranched alkanes of at least 4 members (excludes halogenated alkanes) is 8. The predicted molar refractivity (Wildman–Crippen MR) is 159 cm³/mol. The summed E-state index contributed by atoms with van der Waals surface area (Å²) in [6.07, 6.45) is 22.1. The second kappa shape index (κ2) is 32.4. The van der Waals surface area contributed by atoms with Crippen LogP contribution >= 0.6 is 0 Å². The first-order valence-corrected chi connectivity index (χ1v) is 18.0. The minimum Gasteiger partial charge on any atom is -1.00 e. The van der Waals surface area contributed by atoms with Gasteiger partial charge < -0.3 is 25.9 Å². The predicted octanol–water partition coefficient (Wildman–Crippen LogP) is 2.26. The molecular formula is C32H72BrClN2O4. The number of hydrogen-bond acceptors (Lipinski definition) is 4. The van der Waals surface area contributed by atoms with E-state index in [1.807, 2.05) is 0 Å². The third-order valence-corrected chi connectivity index (χ3v) is 7.89. The van der Waals surface area contributed by atoms with Gasteiger partial charge in [0.15, 0.2) is 0 Å².